The Hall–Kier alpha value is -1.48. The molecule has 3 heteroatoms. The largest absolute Gasteiger partial charge is 0.377 e. The second-order valence-corrected chi connectivity index (χ2v) is 9.66. The molecule has 0 aliphatic heterocycles. The number of rotatable bonds is 1. The van der Waals surface area contributed by atoms with Crippen molar-refractivity contribution in [3.05, 3.63) is 36.0 Å². The number of carbonyl (C=O) groups excluding carboxylic acids is 2. The van der Waals surface area contributed by atoms with Gasteiger partial charge in [0.05, 0.1) is 0 Å². The van der Waals surface area contributed by atoms with E-state index in [1.54, 1.807) is 0 Å². The van der Waals surface area contributed by atoms with Gasteiger partial charge >= 0.3 is 0 Å². The van der Waals surface area contributed by atoms with Crippen LogP contribution in [-0.4, -0.2) is 22.3 Å². The fraction of sp³-hybridized carbons (Fsp3) is 0.652. The van der Waals surface area contributed by atoms with Gasteiger partial charge in [-0.1, -0.05) is 32.6 Å². The first-order valence-electron chi connectivity index (χ1n) is 9.90. The van der Waals surface area contributed by atoms with Gasteiger partial charge in [0, 0.05) is 11.8 Å². The smallest absolute Gasteiger partial charge is 0.166 e. The number of aliphatic hydroxyl groups is 1. The van der Waals surface area contributed by atoms with Gasteiger partial charge in [-0.2, -0.15) is 0 Å². The van der Waals surface area contributed by atoms with Crippen LogP contribution in [0.5, 0.6) is 0 Å². The predicted octanol–water partition coefficient (Wildman–Crippen LogP) is 4.17. The van der Waals surface area contributed by atoms with Crippen LogP contribution in [0, 0.1) is 28.6 Å². The number of allylic oxidation sites excluding steroid dienone is 2. The summed E-state index contributed by atoms with van der Waals surface area (Å²) in [5.41, 5.74) is 1.08. The molecular weight excluding hydrogens is 324 g/mol. The van der Waals surface area contributed by atoms with Crippen LogP contribution in [-0.2, 0) is 9.59 Å². The maximum atomic E-state index is 12.4. The molecule has 0 spiro atoms. The third-order valence-corrected chi connectivity index (χ3v) is 8.63. The average molecular weight is 354 g/mol. The highest BCUT2D eigenvalue weighted by Crippen LogP contribution is 2.69. The Balaban J connectivity index is 1.78. The Morgan fingerprint density at radius 3 is 2.54 bits per heavy atom. The zero-order valence-electron chi connectivity index (χ0n) is 16.2. The molecule has 0 aromatic rings. The van der Waals surface area contributed by atoms with Gasteiger partial charge < -0.3 is 5.11 Å². The monoisotopic (exact) mass is 354 g/mol. The molecule has 4 aliphatic carbocycles. The molecule has 0 amide bonds. The predicted molar refractivity (Wildman–Crippen MR) is 101 cm³/mol. The molecule has 0 aromatic carbocycles. The van der Waals surface area contributed by atoms with Gasteiger partial charge in [-0.05, 0) is 79.4 Å². The zero-order valence-corrected chi connectivity index (χ0v) is 16.2. The van der Waals surface area contributed by atoms with E-state index >= 15 is 0 Å². The first-order valence-corrected chi connectivity index (χ1v) is 9.90. The number of carbonyl (C=O) groups is 2. The van der Waals surface area contributed by atoms with Crippen LogP contribution in [0.4, 0.5) is 0 Å². The summed E-state index contributed by atoms with van der Waals surface area (Å²) in [6, 6.07) is 0. The van der Waals surface area contributed by atoms with Crippen LogP contribution in [0.15, 0.2) is 36.0 Å². The van der Waals surface area contributed by atoms with E-state index in [4.69, 9.17) is 0 Å². The molecule has 1 N–H and O–H groups in total. The van der Waals surface area contributed by atoms with Crippen LogP contribution in [0.3, 0.4) is 0 Å². The third kappa shape index (κ3) is 1.93. The molecule has 3 nitrogen and oxygen atoms in total. The van der Waals surface area contributed by atoms with Crippen LogP contribution in [0.25, 0.3) is 0 Å². The van der Waals surface area contributed by atoms with Gasteiger partial charge in [-0.25, -0.2) is 0 Å². The summed E-state index contributed by atoms with van der Waals surface area (Å²) in [7, 11) is 0. The van der Waals surface area contributed by atoms with Crippen LogP contribution in [0.1, 0.15) is 59.3 Å². The van der Waals surface area contributed by atoms with Crippen molar-refractivity contribution in [1.29, 1.82) is 0 Å². The summed E-state index contributed by atoms with van der Waals surface area (Å²) in [6.07, 6.45) is 6.74. The van der Waals surface area contributed by atoms with Gasteiger partial charge in [0.15, 0.2) is 11.6 Å². The Bertz CT molecular complexity index is 774. The second-order valence-electron chi connectivity index (χ2n) is 9.66. The van der Waals surface area contributed by atoms with Gasteiger partial charge in [0.1, 0.15) is 5.60 Å². The highest BCUT2D eigenvalue weighted by atomic mass is 16.3. The normalized spacial score (nSPS) is 47.8. The number of Topliss-reactive ketones (excluding diaryl/α,β-unsaturated/α-hetero) is 1. The maximum Gasteiger partial charge on any atom is 0.166 e. The number of fused-ring (bicyclic) bond motifs is 5. The van der Waals surface area contributed by atoms with Gasteiger partial charge in [-0.3, -0.25) is 9.59 Å². The minimum Gasteiger partial charge on any atom is -0.377 e. The Morgan fingerprint density at radius 2 is 1.88 bits per heavy atom. The van der Waals surface area contributed by atoms with Crippen molar-refractivity contribution >= 4 is 11.6 Å². The summed E-state index contributed by atoms with van der Waals surface area (Å²) in [6.45, 7) is 14.3. The molecule has 140 valence electrons. The van der Waals surface area contributed by atoms with Crippen molar-refractivity contribution in [2.24, 2.45) is 28.6 Å². The van der Waals surface area contributed by atoms with E-state index in [9.17, 15) is 14.7 Å². The lowest BCUT2D eigenvalue weighted by molar-refractivity contribution is -0.153. The van der Waals surface area contributed by atoms with Crippen LogP contribution >= 0.6 is 0 Å². The molecule has 0 saturated heterocycles. The van der Waals surface area contributed by atoms with E-state index in [1.165, 1.54) is 6.92 Å². The van der Waals surface area contributed by atoms with Crippen molar-refractivity contribution in [1.82, 2.24) is 0 Å². The van der Waals surface area contributed by atoms with E-state index < -0.39 is 11.0 Å². The van der Waals surface area contributed by atoms with E-state index in [2.05, 4.69) is 27.0 Å². The molecule has 0 aromatic heterocycles. The minimum absolute atomic E-state index is 0.00645. The Kier molecular flexibility index (Phi) is 3.64. The van der Waals surface area contributed by atoms with Gasteiger partial charge in [-0.15, -0.1) is 0 Å². The molecule has 26 heavy (non-hydrogen) atoms. The molecule has 3 saturated carbocycles. The van der Waals surface area contributed by atoms with E-state index in [1.807, 2.05) is 6.08 Å². The van der Waals surface area contributed by atoms with Crippen molar-refractivity contribution in [2.75, 3.05) is 0 Å². The van der Waals surface area contributed by atoms with Crippen molar-refractivity contribution in [3.8, 4) is 0 Å². The van der Waals surface area contributed by atoms with Crippen molar-refractivity contribution in [2.45, 2.75) is 64.9 Å². The lowest BCUT2D eigenvalue weighted by atomic mass is 9.45. The minimum atomic E-state index is -1.40. The molecule has 0 unspecified atom stereocenters. The summed E-state index contributed by atoms with van der Waals surface area (Å²) in [5, 5.41) is 11.4. The lowest BCUT2D eigenvalue weighted by Gasteiger charge is -2.59. The van der Waals surface area contributed by atoms with E-state index in [0.29, 0.717) is 23.8 Å². The standard InChI is InChI=1S/C23H30O3/c1-13-10-17-18(21(4)8-6-16(25)12-19(13)21)7-9-22(5)20(17)11-14(2)23(22,26)15(3)24/h12,17-18,20,26H,1-2,6-11H2,3-5H3/t17-,18+,20+,21-,22+,23-/m1/s1. The van der Waals surface area contributed by atoms with Gasteiger partial charge in [0.25, 0.3) is 0 Å². The summed E-state index contributed by atoms with van der Waals surface area (Å²) < 4.78 is 0. The molecule has 0 bridgehead atoms. The molecule has 3 fully saturated rings. The molecular formula is C23H30O3. The summed E-state index contributed by atoms with van der Waals surface area (Å²) in [4.78, 5) is 24.4. The number of hydrogen-bond acceptors (Lipinski definition) is 3. The highest BCUT2D eigenvalue weighted by molar-refractivity contribution is 5.92. The quantitative estimate of drug-likeness (QED) is 0.719. The molecule has 0 radical (unpaired) electrons. The average Bonchev–Trinajstić information content (AvgIpc) is 2.78. The number of hydrogen-bond donors (Lipinski definition) is 1. The van der Waals surface area contributed by atoms with Crippen LogP contribution < -0.4 is 0 Å². The van der Waals surface area contributed by atoms with Gasteiger partial charge in [0.2, 0.25) is 0 Å². The molecule has 4 rings (SSSR count). The third-order valence-electron chi connectivity index (χ3n) is 8.63. The Labute approximate surface area is 156 Å². The first kappa shape index (κ1) is 17.9. The fourth-order valence-corrected chi connectivity index (χ4v) is 7.18. The second kappa shape index (κ2) is 5.28. The van der Waals surface area contributed by atoms with E-state index in [0.717, 1.165) is 43.3 Å². The van der Waals surface area contributed by atoms with Crippen molar-refractivity contribution in [3.63, 3.8) is 0 Å². The molecule has 4 aliphatic rings. The van der Waals surface area contributed by atoms with Crippen molar-refractivity contribution < 1.29 is 14.7 Å². The van der Waals surface area contributed by atoms with Crippen LogP contribution in [0.2, 0.25) is 0 Å². The lowest BCUT2D eigenvalue weighted by Crippen LogP contribution is -2.57. The maximum absolute atomic E-state index is 12.4. The van der Waals surface area contributed by atoms with E-state index in [-0.39, 0.29) is 22.9 Å². The zero-order chi connectivity index (χ0) is 19.1. The topological polar surface area (TPSA) is 54.4 Å². The molecule has 0 heterocycles. The SMILES string of the molecule is C=C1C[C@@H]2[C@H](CC[C@@]3(C)[C@H]2CC(=C)[C@@]3(O)C(C)=O)[C@@]2(C)CCC(=O)C=C12. The summed E-state index contributed by atoms with van der Waals surface area (Å²) >= 11 is 0. The summed E-state index contributed by atoms with van der Waals surface area (Å²) in [5.74, 6) is 1.17. The first-order chi connectivity index (χ1) is 12.1. The highest BCUT2D eigenvalue weighted by Gasteiger charge is 2.67. The number of ketones is 2. The molecule has 6 atom stereocenters. The Morgan fingerprint density at radius 1 is 1.19 bits per heavy atom. The fourth-order valence-electron chi connectivity index (χ4n) is 7.18.